The van der Waals surface area contributed by atoms with Crippen LogP contribution in [0.3, 0.4) is 0 Å². The van der Waals surface area contributed by atoms with Crippen LogP contribution in [0.25, 0.3) is 0 Å². The number of nitrogens with one attached hydrogen (secondary N) is 1. The lowest BCUT2D eigenvalue weighted by atomic mass is 10.1. The van der Waals surface area contributed by atoms with Crippen molar-refractivity contribution in [2.24, 2.45) is 0 Å². The molecule has 1 N–H and O–H groups in total. The normalized spacial score (nSPS) is 11.3. The summed E-state index contributed by atoms with van der Waals surface area (Å²) in [5.41, 5.74) is 2.60. The predicted molar refractivity (Wildman–Crippen MR) is 85.5 cm³/mol. The molecule has 3 nitrogen and oxygen atoms in total. The Morgan fingerprint density at radius 2 is 1.75 bits per heavy atom. The van der Waals surface area contributed by atoms with Crippen molar-refractivity contribution in [2.75, 3.05) is 4.72 Å². The molecule has 2 aromatic rings. The number of rotatable bonds is 4. The van der Waals surface area contributed by atoms with E-state index in [1.807, 2.05) is 26.0 Å². The average molecular weight is 354 g/mol. The second-order valence-corrected chi connectivity index (χ2v) is 7.17. The Labute approximate surface area is 128 Å². The molecule has 0 aliphatic heterocycles. The maximum atomic E-state index is 12.3. The molecule has 0 aliphatic carbocycles. The zero-order valence-electron chi connectivity index (χ0n) is 11.4. The van der Waals surface area contributed by atoms with E-state index in [4.69, 9.17) is 0 Å². The monoisotopic (exact) mass is 353 g/mol. The van der Waals surface area contributed by atoms with E-state index in [0.29, 0.717) is 5.69 Å². The van der Waals surface area contributed by atoms with Crippen LogP contribution in [0, 0.1) is 6.92 Å². The Kier molecular flexibility index (Phi) is 4.50. The SMILES string of the molecule is CCc1cc(Br)ccc1NS(=O)(=O)c1ccc(C)cc1. The van der Waals surface area contributed by atoms with Crippen LogP contribution >= 0.6 is 15.9 Å². The first-order chi connectivity index (χ1) is 9.42. The highest BCUT2D eigenvalue weighted by Crippen LogP contribution is 2.24. The number of halogens is 1. The lowest BCUT2D eigenvalue weighted by molar-refractivity contribution is 0.601. The fourth-order valence-corrected chi connectivity index (χ4v) is 3.38. The van der Waals surface area contributed by atoms with Gasteiger partial charge in [-0.25, -0.2) is 8.42 Å². The van der Waals surface area contributed by atoms with Crippen LogP contribution in [-0.2, 0) is 16.4 Å². The Bertz CT molecular complexity index is 709. The Morgan fingerprint density at radius 1 is 1.10 bits per heavy atom. The molecule has 0 amide bonds. The van der Waals surface area contributed by atoms with Gasteiger partial charge < -0.3 is 0 Å². The van der Waals surface area contributed by atoms with Gasteiger partial charge in [-0.3, -0.25) is 4.72 Å². The molecule has 0 saturated heterocycles. The summed E-state index contributed by atoms with van der Waals surface area (Å²) < 4.78 is 28.3. The minimum atomic E-state index is -3.54. The van der Waals surface area contributed by atoms with Gasteiger partial charge in [0, 0.05) is 4.47 Å². The summed E-state index contributed by atoms with van der Waals surface area (Å²) in [6.07, 6.45) is 0.755. The summed E-state index contributed by atoms with van der Waals surface area (Å²) >= 11 is 3.39. The van der Waals surface area contributed by atoms with Gasteiger partial charge in [0.05, 0.1) is 10.6 Å². The number of aryl methyl sites for hydroxylation is 2. The molecule has 0 fully saturated rings. The number of anilines is 1. The molecule has 0 aromatic heterocycles. The predicted octanol–water partition coefficient (Wildman–Crippen LogP) is 4.12. The van der Waals surface area contributed by atoms with Crippen LogP contribution in [0.4, 0.5) is 5.69 Å². The molecular formula is C15H16BrNO2S. The molecular weight excluding hydrogens is 338 g/mol. The van der Waals surface area contributed by atoms with Crippen molar-refractivity contribution in [2.45, 2.75) is 25.2 Å². The summed E-state index contributed by atoms with van der Waals surface area (Å²) in [5, 5.41) is 0. The van der Waals surface area contributed by atoms with Crippen molar-refractivity contribution in [3.63, 3.8) is 0 Å². The molecule has 0 heterocycles. The van der Waals surface area contributed by atoms with Crippen LogP contribution in [-0.4, -0.2) is 8.42 Å². The van der Waals surface area contributed by atoms with Gasteiger partial charge in [0.15, 0.2) is 0 Å². The average Bonchev–Trinajstić information content (AvgIpc) is 2.41. The molecule has 0 saturated carbocycles. The van der Waals surface area contributed by atoms with Gasteiger partial charge in [-0.2, -0.15) is 0 Å². The van der Waals surface area contributed by atoms with Gasteiger partial charge in [0.25, 0.3) is 10.0 Å². The van der Waals surface area contributed by atoms with Crippen molar-refractivity contribution in [3.05, 3.63) is 58.1 Å². The van der Waals surface area contributed by atoms with E-state index in [1.54, 1.807) is 30.3 Å². The van der Waals surface area contributed by atoms with E-state index in [0.717, 1.165) is 22.0 Å². The lowest BCUT2D eigenvalue weighted by Crippen LogP contribution is -2.14. The summed E-state index contributed by atoms with van der Waals surface area (Å²) in [4.78, 5) is 0.271. The molecule has 5 heteroatoms. The number of benzene rings is 2. The van der Waals surface area contributed by atoms with Gasteiger partial charge in [-0.05, 0) is 49.2 Å². The topological polar surface area (TPSA) is 46.2 Å². The van der Waals surface area contributed by atoms with Crippen molar-refractivity contribution in [3.8, 4) is 0 Å². The fourth-order valence-electron chi connectivity index (χ4n) is 1.88. The van der Waals surface area contributed by atoms with Gasteiger partial charge >= 0.3 is 0 Å². The van der Waals surface area contributed by atoms with Crippen molar-refractivity contribution in [1.29, 1.82) is 0 Å². The largest absolute Gasteiger partial charge is 0.279 e. The molecule has 2 rings (SSSR count). The molecule has 2 aromatic carbocycles. The second kappa shape index (κ2) is 5.97. The highest BCUT2D eigenvalue weighted by atomic mass is 79.9. The molecule has 0 aliphatic rings. The molecule has 0 spiro atoms. The van der Waals surface area contributed by atoms with E-state index < -0.39 is 10.0 Å². The Balaban J connectivity index is 2.35. The van der Waals surface area contributed by atoms with Crippen LogP contribution in [0.2, 0.25) is 0 Å². The molecule has 0 unspecified atom stereocenters. The quantitative estimate of drug-likeness (QED) is 0.898. The first kappa shape index (κ1) is 15.1. The van der Waals surface area contributed by atoms with E-state index in [2.05, 4.69) is 20.7 Å². The second-order valence-electron chi connectivity index (χ2n) is 4.57. The standard InChI is InChI=1S/C15H16BrNO2S/c1-3-12-10-13(16)6-9-15(12)17-20(18,19)14-7-4-11(2)5-8-14/h4-10,17H,3H2,1-2H3. The van der Waals surface area contributed by atoms with Crippen molar-refractivity contribution in [1.82, 2.24) is 0 Å². The summed E-state index contributed by atoms with van der Waals surface area (Å²) in [6, 6.07) is 12.3. The molecule has 20 heavy (non-hydrogen) atoms. The highest BCUT2D eigenvalue weighted by molar-refractivity contribution is 9.10. The third-order valence-corrected chi connectivity index (χ3v) is 4.90. The minimum Gasteiger partial charge on any atom is -0.279 e. The van der Waals surface area contributed by atoms with E-state index in [1.165, 1.54) is 0 Å². The van der Waals surface area contributed by atoms with Gasteiger partial charge in [0.1, 0.15) is 0 Å². The van der Waals surface area contributed by atoms with E-state index in [9.17, 15) is 8.42 Å². The summed E-state index contributed by atoms with van der Waals surface area (Å²) in [5.74, 6) is 0. The number of hydrogen-bond donors (Lipinski definition) is 1. The van der Waals surface area contributed by atoms with Crippen LogP contribution in [0.15, 0.2) is 51.8 Å². The van der Waals surface area contributed by atoms with Gasteiger partial charge in [0.2, 0.25) is 0 Å². The zero-order chi connectivity index (χ0) is 14.8. The molecule has 0 radical (unpaired) electrons. The number of sulfonamides is 1. The van der Waals surface area contributed by atoms with Crippen molar-refractivity contribution < 1.29 is 8.42 Å². The van der Waals surface area contributed by atoms with E-state index in [-0.39, 0.29) is 4.90 Å². The molecule has 0 bridgehead atoms. The van der Waals surface area contributed by atoms with E-state index >= 15 is 0 Å². The molecule has 0 atom stereocenters. The summed E-state index contributed by atoms with van der Waals surface area (Å²) in [6.45, 7) is 3.92. The highest BCUT2D eigenvalue weighted by Gasteiger charge is 2.15. The smallest absolute Gasteiger partial charge is 0.261 e. The third-order valence-electron chi connectivity index (χ3n) is 3.02. The first-order valence-corrected chi connectivity index (χ1v) is 8.58. The van der Waals surface area contributed by atoms with Gasteiger partial charge in [-0.1, -0.05) is 40.5 Å². The fraction of sp³-hybridized carbons (Fsp3) is 0.200. The first-order valence-electron chi connectivity index (χ1n) is 6.30. The van der Waals surface area contributed by atoms with Crippen molar-refractivity contribution >= 4 is 31.6 Å². The van der Waals surface area contributed by atoms with Crippen LogP contribution in [0.1, 0.15) is 18.1 Å². The zero-order valence-corrected chi connectivity index (χ0v) is 13.8. The van der Waals surface area contributed by atoms with Gasteiger partial charge in [-0.15, -0.1) is 0 Å². The molecule has 106 valence electrons. The minimum absolute atomic E-state index is 0.271. The van der Waals surface area contributed by atoms with Crippen LogP contribution in [0.5, 0.6) is 0 Å². The Morgan fingerprint density at radius 3 is 2.35 bits per heavy atom. The lowest BCUT2D eigenvalue weighted by Gasteiger charge is -2.12. The van der Waals surface area contributed by atoms with Crippen LogP contribution < -0.4 is 4.72 Å². The maximum absolute atomic E-state index is 12.3. The number of hydrogen-bond acceptors (Lipinski definition) is 2. The third kappa shape index (κ3) is 3.41. The maximum Gasteiger partial charge on any atom is 0.261 e. The summed E-state index contributed by atoms with van der Waals surface area (Å²) in [7, 11) is -3.54. The Hall–Kier alpha value is -1.33.